The largest absolute Gasteiger partial charge is 0.504 e. The van der Waals surface area contributed by atoms with E-state index >= 15 is 0 Å². The molecular formula is C16H16FNO3. The lowest BCUT2D eigenvalue weighted by Crippen LogP contribution is -2.27. The summed E-state index contributed by atoms with van der Waals surface area (Å²) in [6, 6.07) is 10.3. The van der Waals surface area contributed by atoms with Gasteiger partial charge in [0.25, 0.3) is 5.91 Å². The summed E-state index contributed by atoms with van der Waals surface area (Å²) in [6.45, 7) is 1.67. The fraction of sp³-hybridized carbons (Fsp3) is 0.188. The van der Waals surface area contributed by atoms with Gasteiger partial charge in [0.15, 0.2) is 11.5 Å². The summed E-state index contributed by atoms with van der Waals surface area (Å²) in [7, 11) is 1.40. The molecule has 1 unspecified atom stereocenters. The van der Waals surface area contributed by atoms with Gasteiger partial charge in [-0.1, -0.05) is 24.3 Å². The number of para-hydroxylation sites is 1. The summed E-state index contributed by atoms with van der Waals surface area (Å²) in [6.07, 6.45) is 0. The number of hydrogen-bond donors (Lipinski definition) is 2. The maximum absolute atomic E-state index is 13.7. The molecule has 0 heterocycles. The highest BCUT2D eigenvalue weighted by molar-refractivity contribution is 5.97. The van der Waals surface area contributed by atoms with Crippen LogP contribution in [0.4, 0.5) is 4.39 Å². The quantitative estimate of drug-likeness (QED) is 0.909. The molecule has 2 aromatic carbocycles. The Morgan fingerprint density at radius 2 is 1.95 bits per heavy atom. The molecule has 1 atom stereocenters. The molecule has 4 nitrogen and oxygen atoms in total. The van der Waals surface area contributed by atoms with Gasteiger partial charge in [-0.3, -0.25) is 4.79 Å². The monoisotopic (exact) mass is 289 g/mol. The van der Waals surface area contributed by atoms with Crippen LogP contribution in [0.25, 0.3) is 0 Å². The van der Waals surface area contributed by atoms with Crippen LogP contribution in [-0.4, -0.2) is 18.1 Å². The van der Waals surface area contributed by atoms with Crippen molar-refractivity contribution in [1.29, 1.82) is 0 Å². The van der Waals surface area contributed by atoms with Crippen LogP contribution in [0.5, 0.6) is 11.5 Å². The molecule has 1 amide bonds. The van der Waals surface area contributed by atoms with Gasteiger partial charge < -0.3 is 15.2 Å². The summed E-state index contributed by atoms with van der Waals surface area (Å²) in [5, 5.41) is 12.6. The van der Waals surface area contributed by atoms with E-state index in [1.54, 1.807) is 37.3 Å². The second-order valence-corrected chi connectivity index (χ2v) is 4.57. The number of aromatic hydroxyl groups is 1. The summed E-state index contributed by atoms with van der Waals surface area (Å²) < 4.78 is 18.6. The van der Waals surface area contributed by atoms with E-state index in [4.69, 9.17) is 4.74 Å². The van der Waals surface area contributed by atoms with Crippen LogP contribution in [0.1, 0.15) is 28.9 Å². The Balaban J connectivity index is 2.21. The molecule has 0 radical (unpaired) electrons. The highest BCUT2D eigenvalue weighted by Gasteiger charge is 2.18. The molecule has 0 aromatic heterocycles. The predicted molar refractivity (Wildman–Crippen MR) is 76.9 cm³/mol. The minimum atomic E-state index is -0.524. The topological polar surface area (TPSA) is 58.6 Å². The smallest absolute Gasteiger partial charge is 0.255 e. The second kappa shape index (κ2) is 6.26. The molecule has 2 N–H and O–H groups in total. The number of ether oxygens (including phenoxy) is 1. The van der Waals surface area contributed by atoms with Crippen LogP contribution in [0.15, 0.2) is 42.5 Å². The van der Waals surface area contributed by atoms with E-state index in [0.29, 0.717) is 5.56 Å². The number of methoxy groups -OCH3 is 1. The first-order chi connectivity index (χ1) is 10.0. The molecule has 21 heavy (non-hydrogen) atoms. The van der Waals surface area contributed by atoms with Crippen LogP contribution in [-0.2, 0) is 0 Å². The summed E-state index contributed by atoms with van der Waals surface area (Å²) in [4.78, 5) is 12.2. The third-order valence-corrected chi connectivity index (χ3v) is 3.18. The van der Waals surface area contributed by atoms with Crippen molar-refractivity contribution in [2.45, 2.75) is 13.0 Å². The van der Waals surface area contributed by atoms with Gasteiger partial charge >= 0.3 is 0 Å². The number of benzene rings is 2. The SMILES string of the molecule is COc1cccc(C(=O)NC(C)c2ccccc2F)c1O. The number of amides is 1. The molecule has 0 spiro atoms. The Morgan fingerprint density at radius 1 is 1.24 bits per heavy atom. The Labute approximate surface area is 122 Å². The lowest BCUT2D eigenvalue weighted by Gasteiger charge is -2.16. The highest BCUT2D eigenvalue weighted by Crippen LogP contribution is 2.29. The zero-order valence-electron chi connectivity index (χ0n) is 11.8. The van der Waals surface area contributed by atoms with Crippen molar-refractivity contribution in [1.82, 2.24) is 5.32 Å². The molecule has 2 aromatic rings. The molecule has 2 rings (SSSR count). The minimum absolute atomic E-state index is 0.0811. The zero-order chi connectivity index (χ0) is 15.4. The Hall–Kier alpha value is -2.56. The second-order valence-electron chi connectivity index (χ2n) is 4.57. The van der Waals surface area contributed by atoms with E-state index in [-0.39, 0.29) is 22.9 Å². The molecular weight excluding hydrogens is 273 g/mol. The van der Waals surface area contributed by atoms with Gasteiger partial charge in [0, 0.05) is 5.56 Å². The molecule has 0 aliphatic rings. The van der Waals surface area contributed by atoms with Crippen LogP contribution in [0, 0.1) is 5.82 Å². The van der Waals surface area contributed by atoms with Crippen molar-refractivity contribution >= 4 is 5.91 Å². The number of carbonyl (C=O) groups is 1. The highest BCUT2D eigenvalue weighted by atomic mass is 19.1. The maximum atomic E-state index is 13.7. The van der Waals surface area contributed by atoms with E-state index in [1.807, 2.05) is 0 Å². The van der Waals surface area contributed by atoms with Crippen LogP contribution < -0.4 is 10.1 Å². The molecule has 110 valence electrons. The summed E-state index contributed by atoms with van der Waals surface area (Å²) in [5.41, 5.74) is 0.464. The van der Waals surface area contributed by atoms with E-state index in [9.17, 15) is 14.3 Å². The lowest BCUT2D eigenvalue weighted by atomic mass is 10.1. The molecule has 0 saturated carbocycles. The van der Waals surface area contributed by atoms with Crippen LogP contribution >= 0.6 is 0 Å². The van der Waals surface area contributed by atoms with Crippen LogP contribution in [0.2, 0.25) is 0 Å². The first-order valence-corrected chi connectivity index (χ1v) is 6.46. The normalized spacial score (nSPS) is 11.8. The molecule has 0 fully saturated rings. The van der Waals surface area contributed by atoms with Gasteiger partial charge in [-0.2, -0.15) is 0 Å². The van der Waals surface area contributed by atoms with Crippen molar-refractivity contribution in [2.75, 3.05) is 7.11 Å². The number of hydrogen-bond acceptors (Lipinski definition) is 3. The van der Waals surface area contributed by atoms with Gasteiger partial charge in [0.1, 0.15) is 5.82 Å². The average molecular weight is 289 g/mol. The van der Waals surface area contributed by atoms with Gasteiger partial charge in [-0.25, -0.2) is 4.39 Å². The third-order valence-electron chi connectivity index (χ3n) is 3.18. The van der Waals surface area contributed by atoms with Crippen molar-refractivity contribution in [3.63, 3.8) is 0 Å². The Bertz CT molecular complexity index is 658. The van der Waals surface area contributed by atoms with E-state index in [1.165, 1.54) is 19.2 Å². The molecule has 0 aliphatic heterocycles. The zero-order valence-corrected chi connectivity index (χ0v) is 11.8. The number of carbonyl (C=O) groups excluding carboxylic acids is 1. The minimum Gasteiger partial charge on any atom is -0.504 e. The average Bonchev–Trinajstić information content (AvgIpc) is 2.47. The van der Waals surface area contributed by atoms with Gasteiger partial charge in [-0.15, -0.1) is 0 Å². The van der Waals surface area contributed by atoms with Gasteiger partial charge in [0.05, 0.1) is 18.7 Å². The van der Waals surface area contributed by atoms with E-state index < -0.39 is 11.9 Å². The first kappa shape index (κ1) is 14.8. The lowest BCUT2D eigenvalue weighted by molar-refractivity contribution is 0.0936. The number of nitrogens with one attached hydrogen (secondary N) is 1. The predicted octanol–water partition coefficient (Wildman–Crippen LogP) is 3.03. The fourth-order valence-electron chi connectivity index (χ4n) is 2.05. The standard InChI is InChI=1S/C16H16FNO3/c1-10(11-6-3-4-8-13(11)17)18-16(20)12-7-5-9-14(21-2)15(12)19/h3-10,19H,1-2H3,(H,18,20). The number of phenolic OH excluding ortho intramolecular Hbond substituents is 1. The number of halogens is 1. The Kier molecular flexibility index (Phi) is 4.42. The van der Waals surface area contributed by atoms with Crippen molar-refractivity contribution in [2.24, 2.45) is 0 Å². The van der Waals surface area contributed by atoms with Crippen molar-refractivity contribution in [3.8, 4) is 11.5 Å². The van der Waals surface area contributed by atoms with Crippen molar-refractivity contribution < 1.29 is 19.0 Å². The number of rotatable bonds is 4. The fourth-order valence-corrected chi connectivity index (χ4v) is 2.05. The summed E-state index contributed by atoms with van der Waals surface area (Å²) in [5.74, 6) is -0.915. The molecule has 0 bridgehead atoms. The Morgan fingerprint density at radius 3 is 2.62 bits per heavy atom. The number of phenols is 1. The molecule has 0 saturated heterocycles. The van der Waals surface area contributed by atoms with E-state index in [2.05, 4.69) is 5.32 Å². The molecule has 0 aliphatic carbocycles. The van der Waals surface area contributed by atoms with Crippen molar-refractivity contribution in [3.05, 3.63) is 59.4 Å². The van der Waals surface area contributed by atoms with Crippen LogP contribution in [0.3, 0.4) is 0 Å². The summed E-state index contributed by atoms with van der Waals surface area (Å²) >= 11 is 0. The first-order valence-electron chi connectivity index (χ1n) is 6.46. The molecule has 5 heteroatoms. The van der Waals surface area contributed by atoms with E-state index in [0.717, 1.165) is 0 Å². The third kappa shape index (κ3) is 3.13. The van der Waals surface area contributed by atoms with Gasteiger partial charge in [0.2, 0.25) is 0 Å². The maximum Gasteiger partial charge on any atom is 0.255 e. The van der Waals surface area contributed by atoms with Gasteiger partial charge in [-0.05, 0) is 25.1 Å².